The number of halogens is 1. The number of nitriles is 1. The SMILES string of the molecule is COc1nc(N[C@@H]2CCC[C@H](N3Cc4ccc(NC(=O)/C=C/CF)cc4C3=O)C2)ncc1C#N. The van der Waals surface area contributed by atoms with Gasteiger partial charge >= 0.3 is 0 Å². The fraction of sp³-hybridized carbons (Fsp3) is 0.375. The quantitative estimate of drug-likeness (QED) is 0.604. The number of aromatic nitrogens is 2. The number of ether oxygens (including phenoxy) is 1. The summed E-state index contributed by atoms with van der Waals surface area (Å²) in [5.41, 5.74) is 2.25. The van der Waals surface area contributed by atoms with E-state index < -0.39 is 12.6 Å². The topological polar surface area (TPSA) is 120 Å². The Kier molecular flexibility index (Phi) is 7.01. The molecule has 1 aliphatic carbocycles. The maximum atomic E-state index is 13.2. The predicted molar refractivity (Wildman–Crippen MR) is 123 cm³/mol. The number of nitrogens with one attached hydrogen (secondary N) is 2. The lowest BCUT2D eigenvalue weighted by Crippen LogP contribution is -2.42. The molecular weight excluding hydrogens is 439 g/mol. The highest BCUT2D eigenvalue weighted by atomic mass is 19.1. The molecule has 4 rings (SSSR count). The molecule has 1 aromatic carbocycles. The second-order valence-electron chi connectivity index (χ2n) is 8.24. The molecule has 2 atom stereocenters. The summed E-state index contributed by atoms with van der Waals surface area (Å²) >= 11 is 0. The Bertz CT molecular complexity index is 1160. The molecule has 0 saturated heterocycles. The first-order chi connectivity index (χ1) is 16.5. The minimum absolute atomic E-state index is 0.0527. The molecule has 0 radical (unpaired) electrons. The van der Waals surface area contributed by atoms with Crippen LogP contribution in [-0.2, 0) is 11.3 Å². The van der Waals surface area contributed by atoms with Gasteiger partial charge in [-0.2, -0.15) is 10.2 Å². The van der Waals surface area contributed by atoms with Crippen molar-refractivity contribution in [3.63, 3.8) is 0 Å². The molecule has 176 valence electrons. The largest absolute Gasteiger partial charge is 0.480 e. The van der Waals surface area contributed by atoms with Crippen molar-refractivity contribution in [1.29, 1.82) is 5.26 Å². The number of amides is 2. The zero-order valence-corrected chi connectivity index (χ0v) is 18.8. The summed E-state index contributed by atoms with van der Waals surface area (Å²) in [5.74, 6) is 0.107. The second kappa shape index (κ2) is 10.3. The Morgan fingerprint density at radius 2 is 2.26 bits per heavy atom. The molecule has 2 amide bonds. The van der Waals surface area contributed by atoms with Gasteiger partial charge in [-0.3, -0.25) is 9.59 Å². The first-order valence-corrected chi connectivity index (χ1v) is 11.1. The normalized spacial score (nSPS) is 19.6. The minimum Gasteiger partial charge on any atom is -0.480 e. The Balaban J connectivity index is 1.42. The molecule has 2 heterocycles. The van der Waals surface area contributed by atoms with Crippen LogP contribution in [0, 0.1) is 11.3 Å². The smallest absolute Gasteiger partial charge is 0.254 e. The van der Waals surface area contributed by atoms with Gasteiger partial charge in [-0.25, -0.2) is 9.37 Å². The van der Waals surface area contributed by atoms with Gasteiger partial charge in [0, 0.05) is 36.0 Å². The van der Waals surface area contributed by atoms with Crippen molar-refractivity contribution in [2.45, 2.75) is 44.3 Å². The van der Waals surface area contributed by atoms with E-state index in [1.54, 1.807) is 12.1 Å². The summed E-state index contributed by atoms with van der Waals surface area (Å²) in [5, 5.41) is 15.1. The standard InChI is InChI=1S/C24H25FN6O3/c1-34-22-16(12-26)13-27-24(30-22)29-17-4-2-5-19(10-17)31-14-15-7-8-18(11-20(15)23(31)33)28-21(32)6-3-9-25/h3,6-8,11,13,17,19H,2,4-5,9-10,14H2,1H3,(H,28,32)(H,27,29,30)/b6-3+/t17-,19+/m1/s1. The van der Waals surface area contributed by atoms with Crippen molar-refractivity contribution in [3.05, 3.63) is 53.2 Å². The van der Waals surface area contributed by atoms with Gasteiger partial charge < -0.3 is 20.3 Å². The molecular formula is C24H25FN6O3. The lowest BCUT2D eigenvalue weighted by molar-refractivity contribution is -0.111. The second-order valence-corrected chi connectivity index (χ2v) is 8.24. The van der Waals surface area contributed by atoms with Crippen LogP contribution in [0.15, 0.2) is 36.5 Å². The molecule has 0 unspecified atom stereocenters. The van der Waals surface area contributed by atoms with Crippen molar-refractivity contribution in [3.8, 4) is 11.9 Å². The maximum absolute atomic E-state index is 13.2. The Labute approximate surface area is 196 Å². The van der Waals surface area contributed by atoms with E-state index in [0.29, 0.717) is 23.7 Å². The molecule has 1 aromatic heterocycles. The number of anilines is 2. The van der Waals surface area contributed by atoms with Gasteiger partial charge in [0.1, 0.15) is 18.3 Å². The van der Waals surface area contributed by atoms with Gasteiger partial charge in [-0.05, 0) is 49.5 Å². The molecule has 34 heavy (non-hydrogen) atoms. The maximum Gasteiger partial charge on any atom is 0.254 e. The van der Waals surface area contributed by atoms with Crippen LogP contribution in [0.3, 0.4) is 0 Å². The Morgan fingerprint density at radius 3 is 3.03 bits per heavy atom. The van der Waals surface area contributed by atoms with Crippen molar-refractivity contribution >= 4 is 23.5 Å². The highest BCUT2D eigenvalue weighted by molar-refractivity contribution is 6.02. The van der Waals surface area contributed by atoms with Crippen molar-refractivity contribution < 1.29 is 18.7 Å². The first-order valence-electron chi connectivity index (χ1n) is 11.1. The minimum atomic E-state index is -0.715. The zero-order valence-electron chi connectivity index (χ0n) is 18.8. The van der Waals surface area contributed by atoms with E-state index in [1.807, 2.05) is 17.0 Å². The zero-order chi connectivity index (χ0) is 24.1. The van der Waals surface area contributed by atoms with Crippen LogP contribution < -0.4 is 15.4 Å². The van der Waals surface area contributed by atoms with Crippen molar-refractivity contribution in [2.75, 3.05) is 24.4 Å². The molecule has 2 aromatic rings. The Hall–Kier alpha value is -4.00. The summed E-state index contributed by atoms with van der Waals surface area (Å²) < 4.78 is 17.4. The average molecular weight is 465 g/mol. The highest BCUT2D eigenvalue weighted by Crippen LogP contribution is 2.33. The molecule has 9 nitrogen and oxygen atoms in total. The van der Waals surface area contributed by atoms with Gasteiger partial charge in [0.15, 0.2) is 0 Å². The number of benzene rings is 1. The van der Waals surface area contributed by atoms with E-state index in [-0.39, 0.29) is 29.4 Å². The van der Waals surface area contributed by atoms with Crippen LogP contribution in [0.4, 0.5) is 16.0 Å². The highest BCUT2D eigenvalue weighted by Gasteiger charge is 2.35. The fourth-order valence-electron chi connectivity index (χ4n) is 4.46. The van der Waals surface area contributed by atoms with Gasteiger partial charge in [-0.1, -0.05) is 6.07 Å². The van der Waals surface area contributed by atoms with Crippen LogP contribution in [0.1, 0.15) is 47.2 Å². The van der Waals surface area contributed by atoms with E-state index in [1.165, 1.54) is 13.3 Å². The molecule has 2 N–H and O–H groups in total. The lowest BCUT2D eigenvalue weighted by Gasteiger charge is -2.35. The molecule has 2 aliphatic rings. The number of methoxy groups -OCH3 is 1. The van der Waals surface area contributed by atoms with E-state index >= 15 is 0 Å². The number of rotatable bonds is 7. The van der Waals surface area contributed by atoms with Crippen LogP contribution in [0.2, 0.25) is 0 Å². The number of carbonyl (C=O) groups excluding carboxylic acids is 2. The van der Waals surface area contributed by atoms with E-state index in [9.17, 15) is 14.0 Å². The number of hydrogen-bond donors (Lipinski definition) is 2. The van der Waals surface area contributed by atoms with E-state index in [4.69, 9.17) is 10.00 Å². The summed E-state index contributed by atoms with van der Waals surface area (Å²) in [4.78, 5) is 35.4. The number of carbonyl (C=O) groups is 2. The fourth-order valence-corrected chi connectivity index (χ4v) is 4.46. The number of allylic oxidation sites excluding steroid dienone is 1. The van der Waals surface area contributed by atoms with Crippen LogP contribution >= 0.6 is 0 Å². The van der Waals surface area contributed by atoms with Gasteiger partial charge in [0.2, 0.25) is 17.7 Å². The first kappa shape index (κ1) is 23.2. The van der Waals surface area contributed by atoms with Crippen LogP contribution in [-0.4, -0.2) is 52.6 Å². The van der Waals surface area contributed by atoms with Crippen molar-refractivity contribution in [1.82, 2.24) is 14.9 Å². The number of alkyl halides is 1. The summed E-state index contributed by atoms with van der Waals surface area (Å²) in [6, 6.07) is 7.39. The molecule has 1 fully saturated rings. The molecule has 1 saturated carbocycles. The lowest BCUT2D eigenvalue weighted by atomic mass is 9.90. The number of hydrogen-bond acceptors (Lipinski definition) is 7. The van der Waals surface area contributed by atoms with Crippen molar-refractivity contribution in [2.24, 2.45) is 0 Å². The third-order valence-electron chi connectivity index (χ3n) is 6.06. The summed E-state index contributed by atoms with van der Waals surface area (Å²) in [6.07, 6.45) is 7.18. The molecule has 1 aliphatic heterocycles. The number of fused-ring (bicyclic) bond motifs is 1. The molecule has 10 heteroatoms. The average Bonchev–Trinajstić information content (AvgIpc) is 3.18. The monoisotopic (exact) mass is 464 g/mol. The third-order valence-corrected chi connectivity index (χ3v) is 6.06. The summed E-state index contributed by atoms with van der Waals surface area (Å²) in [7, 11) is 1.46. The van der Waals surface area contributed by atoms with Gasteiger partial charge in [-0.15, -0.1) is 0 Å². The molecule has 0 bridgehead atoms. The van der Waals surface area contributed by atoms with Gasteiger partial charge in [0.05, 0.1) is 13.3 Å². The summed E-state index contributed by atoms with van der Waals surface area (Å²) in [6.45, 7) is -0.199. The number of nitrogens with zero attached hydrogens (tertiary/aromatic N) is 4. The van der Waals surface area contributed by atoms with E-state index in [0.717, 1.165) is 43.4 Å². The Morgan fingerprint density at radius 1 is 1.41 bits per heavy atom. The van der Waals surface area contributed by atoms with Crippen LogP contribution in [0.25, 0.3) is 0 Å². The van der Waals surface area contributed by atoms with Gasteiger partial charge in [0.25, 0.3) is 5.91 Å². The predicted octanol–water partition coefficient (Wildman–Crippen LogP) is 3.20. The van der Waals surface area contributed by atoms with Crippen LogP contribution in [0.5, 0.6) is 5.88 Å². The third kappa shape index (κ3) is 4.98. The van der Waals surface area contributed by atoms with E-state index in [2.05, 4.69) is 20.6 Å². The molecule has 0 spiro atoms.